The second kappa shape index (κ2) is 11.1. The highest BCUT2D eigenvalue weighted by molar-refractivity contribution is 5.95. The lowest BCUT2D eigenvalue weighted by Gasteiger charge is -2.60. The van der Waals surface area contributed by atoms with Crippen LogP contribution in [0.5, 0.6) is 0 Å². The van der Waals surface area contributed by atoms with Crippen molar-refractivity contribution >= 4 is 17.0 Å². The van der Waals surface area contributed by atoms with Gasteiger partial charge in [-0.25, -0.2) is 9.36 Å². The van der Waals surface area contributed by atoms with Crippen molar-refractivity contribution in [3.8, 4) is 0 Å². The highest BCUT2D eigenvalue weighted by atomic mass is 16.6. The molecule has 1 aromatic heterocycles. The fourth-order valence-electron chi connectivity index (χ4n) is 7.94. The zero-order valence-electron chi connectivity index (χ0n) is 25.8. The smallest absolute Gasteiger partial charge is 0.419 e. The number of ether oxygens (including phenoxy) is 3. The van der Waals surface area contributed by atoms with Crippen LogP contribution in [0.4, 0.5) is 4.79 Å². The maximum atomic E-state index is 14.3. The molecule has 4 aromatic rings. The van der Waals surface area contributed by atoms with Gasteiger partial charge < -0.3 is 24.6 Å². The predicted octanol–water partition coefficient (Wildman–Crippen LogP) is 6.51. The van der Waals surface area contributed by atoms with Gasteiger partial charge in [0, 0.05) is 23.7 Å². The monoisotopic (exact) mass is 594 g/mol. The number of carbonyl (C=O) groups is 1. The molecule has 0 radical (unpaired) electrons. The van der Waals surface area contributed by atoms with Crippen molar-refractivity contribution in [3.05, 3.63) is 107 Å². The second-order valence-corrected chi connectivity index (χ2v) is 13.9. The average molecular weight is 595 g/mol. The summed E-state index contributed by atoms with van der Waals surface area (Å²) in [4.78, 5) is 14.3. The Morgan fingerprint density at radius 3 is 2.09 bits per heavy atom. The van der Waals surface area contributed by atoms with Crippen LogP contribution in [-0.4, -0.2) is 46.7 Å². The van der Waals surface area contributed by atoms with Gasteiger partial charge in [-0.1, -0.05) is 78.9 Å². The van der Waals surface area contributed by atoms with Crippen LogP contribution in [0, 0.1) is 11.8 Å². The molecule has 1 saturated heterocycles. The molecule has 7 rings (SSSR count). The number of β-amino-alcohol motifs (C(OH)–C–C–N with tert-alkyl or cyclic N) is 1. The molecule has 1 aliphatic heterocycles. The molecule has 0 amide bonds. The van der Waals surface area contributed by atoms with Crippen molar-refractivity contribution in [2.75, 3.05) is 19.8 Å². The lowest BCUT2D eigenvalue weighted by Crippen LogP contribution is -2.68. The number of piperidine rings is 1. The van der Waals surface area contributed by atoms with Crippen molar-refractivity contribution < 1.29 is 24.1 Å². The minimum absolute atomic E-state index is 0.0169. The number of nitrogens with one attached hydrogen (secondary N) is 1. The third-order valence-electron chi connectivity index (χ3n) is 9.86. The van der Waals surface area contributed by atoms with Crippen molar-refractivity contribution in [1.29, 1.82) is 0 Å². The van der Waals surface area contributed by atoms with Crippen LogP contribution in [0.15, 0.2) is 84.9 Å². The zero-order valence-corrected chi connectivity index (χ0v) is 25.8. The Morgan fingerprint density at radius 2 is 1.48 bits per heavy atom. The number of hydrogen-bond donors (Lipinski definition) is 2. The van der Waals surface area contributed by atoms with Crippen molar-refractivity contribution in [2.45, 2.75) is 69.5 Å². The van der Waals surface area contributed by atoms with E-state index in [1.807, 2.05) is 75.4 Å². The first-order chi connectivity index (χ1) is 21.2. The van der Waals surface area contributed by atoms with E-state index in [9.17, 15) is 9.90 Å². The van der Waals surface area contributed by atoms with Gasteiger partial charge in [-0.2, -0.15) is 0 Å². The summed E-state index contributed by atoms with van der Waals surface area (Å²) < 4.78 is 21.2. The minimum Gasteiger partial charge on any atom is -0.443 e. The quantitative estimate of drug-likeness (QED) is 0.242. The number of nitrogens with zero attached hydrogens (tertiary/aromatic N) is 1. The minimum atomic E-state index is -0.790. The van der Waals surface area contributed by atoms with Gasteiger partial charge in [0.25, 0.3) is 0 Å². The number of hydrogen-bond acceptors (Lipinski definition) is 6. The van der Waals surface area contributed by atoms with Crippen LogP contribution >= 0.6 is 0 Å². The Hall–Kier alpha value is -3.49. The van der Waals surface area contributed by atoms with Crippen molar-refractivity contribution in [2.24, 2.45) is 11.8 Å². The normalized spacial score (nSPS) is 25.1. The summed E-state index contributed by atoms with van der Waals surface area (Å²) in [6, 6.07) is 28.4. The summed E-state index contributed by atoms with van der Waals surface area (Å²) >= 11 is 0. The molecule has 3 aliphatic rings. The average Bonchev–Trinajstić information content (AvgIpc) is 3.33. The molecule has 3 aromatic carbocycles. The third-order valence-corrected chi connectivity index (χ3v) is 9.86. The number of aromatic nitrogens is 1. The van der Waals surface area contributed by atoms with Gasteiger partial charge in [0.15, 0.2) is 0 Å². The zero-order chi connectivity index (χ0) is 30.5. The number of rotatable bonds is 8. The molecule has 4 unspecified atom stereocenters. The summed E-state index contributed by atoms with van der Waals surface area (Å²) in [5.74, 6) is 0.100. The SMILES string of the molecule is CC(C)(C)OC(=O)n1c2c(c3ccccc31)C1CC3C(CC3(O)CN1)C2(COCc1ccccc1)COCc1ccccc1. The van der Waals surface area contributed by atoms with Crippen LogP contribution < -0.4 is 5.32 Å². The number of carbonyl (C=O) groups excluding carboxylic acids is 1. The van der Waals surface area contributed by atoms with Gasteiger partial charge in [0.05, 0.1) is 43.0 Å². The van der Waals surface area contributed by atoms with E-state index in [2.05, 4.69) is 35.6 Å². The van der Waals surface area contributed by atoms with Crippen LogP contribution in [0.3, 0.4) is 0 Å². The number of aliphatic hydroxyl groups is 1. The van der Waals surface area contributed by atoms with E-state index in [1.165, 1.54) is 0 Å². The van der Waals surface area contributed by atoms with Crippen LogP contribution in [0.1, 0.15) is 62.0 Å². The lowest BCUT2D eigenvalue weighted by atomic mass is 9.50. The molecule has 0 spiro atoms. The van der Waals surface area contributed by atoms with E-state index in [-0.39, 0.29) is 17.9 Å². The van der Waals surface area contributed by atoms with Crippen molar-refractivity contribution in [3.63, 3.8) is 0 Å². The fraction of sp³-hybridized carbons (Fsp3) is 0.432. The third kappa shape index (κ3) is 5.06. The summed E-state index contributed by atoms with van der Waals surface area (Å²) in [7, 11) is 0. The molecule has 2 heterocycles. The molecule has 7 heteroatoms. The van der Waals surface area contributed by atoms with Crippen LogP contribution in [-0.2, 0) is 32.8 Å². The summed E-state index contributed by atoms with van der Waals surface area (Å²) in [6.45, 7) is 7.77. The standard InChI is InChI=1S/C37H42N2O5/c1-35(2,3)44-34(40)39-31-17-11-10-16-27(31)32-30-18-28-29(19-37(28,41)22-38-30)36(33(32)39,23-42-20-25-12-6-4-7-13-25)24-43-21-26-14-8-5-9-15-26/h4-17,28-30,38,41H,18-24H2,1-3H3. The first kappa shape index (κ1) is 29.2. The molecule has 2 aliphatic carbocycles. The van der Waals surface area contributed by atoms with Crippen LogP contribution in [0.25, 0.3) is 10.9 Å². The van der Waals surface area contributed by atoms with E-state index >= 15 is 0 Å². The van der Waals surface area contributed by atoms with E-state index in [0.717, 1.165) is 39.7 Å². The number of benzene rings is 3. The predicted molar refractivity (Wildman–Crippen MR) is 169 cm³/mol. The summed E-state index contributed by atoms with van der Waals surface area (Å²) in [6.07, 6.45) is 0.988. The molecule has 1 saturated carbocycles. The Morgan fingerprint density at radius 1 is 0.886 bits per heavy atom. The highest BCUT2D eigenvalue weighted by Gasteiger charge is 2.66. The topological polar surface area (TPSA) is 82.0 Å². The molecule has 230 valence electrons. The van der Waals surface area contributed by atoms with E-state index in [1.54, 1.807) is 4.57 Å². The largest absolute Gasteiger partial charge is 0.443 e. The Labute approximate surface area is 259 Å². The first-order valence-electron chi connectivity index (χ1n) is 15.7. The van der Waals surface area contributed by atoms with Gasteiger partial charge in [-0.05, 0) is 68.2 Å². The summed E-state index contributed by atoms with van der Waals surface area (Å²) in [5, 5.41) is 16.4. The molecule has 2 N–H and O–H groups in total. The Kier molecular flexibility index (Phi) is 7.40. The van der Waals surface area contributed by atoms with Gasteiger partial charge >= 0.3 is 6.09 Å². The Balaban J connectivity index is 1.40. The summed E-state index contributed by atoms with van der Waals surface area (Å²) in [5.41, 5.74) is 2.79. The van der Waals surface area contributed by atoms with Gasteiger partial charge in [-0.3, -0.25) is 0 Å². The maximum absolute atomic E-state index is 14.3. The maximum Gasteiger partial charge on any atom is 0.419 e. The van der Waals surface area contributed by atoms with Gasteiger partial charge in [0.2, 0.25) is 0 Å². The molecule has 4 atom stereocenters. The molecule has 2 bridgehead atoms. The molecule has 7 nitrogen and oxygen atoms in total. The van der Waals surface area contributed by atoms with Gasteiger partial charge in [-0.15, -0.1) is 0 Å². The molecular formula is C37H42N2O5. The number of para-hydroxylation sites is 1. The van der Waals surface area contributed by atoms with Crippen molar-refractivity contribution in [1.82, 2.24) is 9.88 Å². The molecular weight excluding hydrogens is 552 g/mol. The van der Waals surface area contributed by atoms with Gasteiger partial charge in [0.1, 0.15) is 5.60 Å². The van der Waals surface area contributed by atoms with E-state index < -0.39 is 22.7 Å². The Bertz CT molecular complexity index is 1600. The number of fused-ring (bicyclic) bond motifs is 5. The lowest BCUT2D eigenvalue weighted by molar-refractivity contribution is -0.193. The van der Waals surface area contributed by atoms with Crippen LogP contribution in [0.2, 0.25) is 0 Å². The van der Waals surface area contributed by atoms with E-state index in [0.29, 0.717) is 39.4 Å². The highest BCUT2D eigenvalue weighted by Crippen LogP contribution is 2.62. The first-order valence-corrected chi connectivity index (χ1v) is 15.7. The van der Waals surface area contributed by atoms with E-state index in [4.69, 9.17) is 14.2 Å². The second-order valence-electron chi connectivity index (χ2n) is 13.9. The fourth-order valence-corrected chi connectivity index (χ4v) is 7.94. The molecule has 2 fully saturated rings. The molecule has 44 heavy (non-hydrogen) atoms.